The molecule has 1 aliphatic heterocycles. The van der Waals surface area contributed by atoms with Gasteiger partial charge in [-0.2, -0.15) is 0 Å². The molecule has 0 saturated heterocycles. The summed E-state index contributed by atoms with van der Waals surface area (Å²) in [4.78, 5) is 15.6. The Morgan fingerprint density at radius 1 is 1.12 bits per heavy atom. The van der Waals surface area contributed by atoms with Crippen LogP contribution in [0.1, 0.15) is 12.5 Å². The van der Waals surface area contributed by atoms with Crippen molar-refractivity contribution in [1.82, 2.24) is 0 Å². The van der Waals surface area contributed by atoms with Crippen molar-refractivity contribution in [3.05, 3.63) is 53.4 Å². The van der Waals surface area contributed by atoms with E-state index in [1.165, 1.54) is 0 Å². The minimum atomic E-state index is -0.976. The Morgan fingerprint density at radius 2 is 1.92 bits per heavy atom. The highest BCUT2D eigenvalue weighted by Gasteiger charge is 2.16. The molecule has 2 heterocycles. The largest absolute Gasteiger partial charge is 0.480 e. The summed E-state index contributed by atoms with van der Waals surface area (Å²) in [6.07, 6.45) is 0. The molecule has 6 heteroatoms. The van der Waals surface area contributed by atoms with Crippen LogP contribution in [0.3, 0.4) is 0 Å². The number of hydrogen-bond acceptors (Lipinski definition) is 5. The van der Waals surface area contributed by atoms with Gasteiger partial charge in [0.2, 0.25) is 6.79 Å². The first kappa shape index (κ1) is 16.2. The Kier molecular flexibility index (Phi) is 3.88. The first-order valence-corrected chi connectivity index (χ1v) is 8.22. The van der Waals surface area contributed by atoms with Gasteiger partial charge in [-0.3, -0.25) is 4.99 Å². The van der Waals surface area contributed by atoms with Gasteiger partial charge in [0.05, 0.1) is 5.36 Å². The second-order valence-corrected chi connectivity index (χ2v) is 6.21. The van der Waals surface area contributed by atoms with Gasteiger partial charge in [0.15, 0.2) is 11.5 Å². The number of carboxylic acids is 1. The van der Waals surface area contributed by atoms with Gasteiger partial charge in [0.25, 0.3) is 0 Å². The maximum Gasteiger partial charge on any atom is 0.328 e. The highest BCUT2D eigenvalue weighted by atomic mass is 16.7. The Balaban J connectivity index is 1.94. The Labute approximate surface area is 149 Å². The molecule has 26 heavy (non-hydrogen) atoms. The van der Waals surface area contributed by atoms with Crippen molar-refractivity contribution in [2.75, 3.05) is 6.79 Å². The number of carbonyl (C=O) groups is 1. The van der Waals surface area contributed by atoms with Gasteiger partial charge >= 0.3 is 5.97 Å². The Bertz CT molecular complexity index is 1080. The van der Waals surface area contributed by atoms with E-state index in [2.05, 4.69) is 4.99 Å². The maximum absolute atomic E-state index is 11.2. The standard InChI is InChI=1S/C20H17NO5/c1-11-3-5-16-14(7-11)15(21-12(2)20(22)23)9-18(26-16)13-4-6-17-19(8-13)25-10-24-17/h3-9,12H,10H2,1-2H3,(H,22,23)/t12-/m1/s1. The van der Waals surface area contributed by atoms with Gasteiger partial charge < -0.3 is 19.0 Å². The summed E-state index contributed by atoms with van der Waals surface area (Å²) in [5.74, 6) is 0.945. The van der Waals surface area contributed by atoms with Crippen LogP contribution in [0.25, 0.3) is 22.3 Å². The molecule has 4 rings (SSSR count). The predicted octanol–water partition coefficient (Wildman–Crippen LogP) is 3.51. The SMILES string of the molecule is Cc1ccc2oc(-c3ccc4c(c3)OCO4)cc(=N[C@H](C)C(=O)O)c2c1. The van der Waals surface area contributed by atoms with E-state index in [9.17, 15) is 9.90 Å². The quantitative estimate of drug-likeness (QED) is 0.781. The van der Waals surface area contributed by atoms with E-state index in [0.717, 1.165) is 16.5 Å². The van der Waals surface area contributed by atoms with Crippen LogP contribution in [0.4, 0.5) is 0 Å². The van der Waals surface area contributed by atoms with E-state index in [1.807, 2.05) is 43.3 Å². The molecule has 0 amide bonds. The summed E-state index contributed by atoms with van der Waals surface area (Å²) in [5, 5.41) is 10.6. The molecule has 3 aromatic rings. The van der Waals surface area contributed by atoms with Crippen molar-refractivity contribution in [1.29, 1.82) is 0 Å². The monoisotopic (exact) mass is 351 g/mol. The van der Waals surface area contributed by atoms with E-state index < -0.39 is 12.0 Å². The van der Waals surface area contributed by atoms with Crippen LogP contribution < -0.4 is 14.8 Å². The van der Waals surface area contributed by atoms with E-state index in [-0.39, 0.29) is 6.79 Å². The lowest BCUT2D eigenvalue weighted by molar-refractivity contribution is -0.138. The lowest BCUT2D eigenvalue weighted by atomic mass is 10.1. The fraction of sp³-hybridized carbons (Fsp3) is 0.200. The van der Waals surface area contributed by atoms with Crippen molar-refractivity contribution in [3.63, 3.8) is 0 Å². The number of hydrogen-bond donors (Lipinski definition) is 1. The fourth-order valence-corrected chi connectivity index (χ4v) is 2.85. The number of benzene rings is 2. The average Bonchev–Trinajstić information content (AvgIpc) is 3.09. The van der Waals surface area contributed by atoms with Crippen molar-refractivity contribution in [2.24, 2.45) is 4.99 Å². The minimum absolute atomic E-state index is 0.198. The molecule has 0 saturated carbocycles. The maximum atomic E-state index is 11.2. The number of rotatable bonds is 3. The van der Waals surface area contributed by atoms with Crippen molar-refractivity contribution >= 4 is 16.9 Å². The molecule has 0 bridgehead atoms. The molecule has 0 unspecified atom stereocenters. The Morgan fingerprint density at radius 3 is 2.73 bits per heavy atom. The van der Waals surface area contributed by atoms with Crippen molar-refractivity contribution in [3.8, 4) is 22.8 Å². The molecule has 1 atom stereocenters. The first-order chi connectivity index (χ1) is 12.5. The second kappa shape index (κ2) is 6.22. The van der Waals surface area contributed by atoms with Crippen LogP contribution >= 0.6 is 0 Å². The summed E-state index contributed by atoms with van der Waals surface area (Å²) >= 11 is 0. The number of aryl methyl sites for hydroxylation is 1. The molecular formula is C20H17NO5. The smallest absolute Gasteiger partial charge is 0.328 e. The lowest BCUT2D eigenvalue weighted by Crippen LogP contribution is -2.18. The van der Waals surface area contributed by atoms with Gasteiger partial charge in [-0.05, 0) is 44.2 Å². The fourth-order valence-electron chi connectivity index (χ4n) is 2.85. The van der Waals surface area contributed by atoms with Crippen LogP contribution in [0.15, 0.2) is 51.9 Å². The highest BCUT2D eigenvalue weighted by Crippen LogP contribution is 2.36. The zero-order valence-electron chi connectivity index (χ0n) is 14.4. The first-order valence-electron chi connectivity index (χ1n) is 8.22. The van der Waals surface area contributed by atoms with Gasteiger partial charge in [-0.1, -0.05) is 11.6 Å². The molecule has 0 fully saturated rings. The summed E-state index contributed by atoms with van der Waals surface area (Å²) in [6, 6.07) is 12.2. The van der Waals surface area contributed by atoms with Gasteiger partial charge in [0, 0.05) is 17.0 Å². The summed E-state index contributed by atoms with van der Waals surface area (Å²) in [7, 11) is 0. The molecule has 1 aliphatic rings. The van der Waals surface area contributed by atoms with Crippen LogP contribution in [-0.2, 0) is 4.79 Å². The third-order valence-corrected chi connectivity index (χ3v) is 4.25. The number of aliphatic carboxylic acids is 1. The van der Waals surface area contributed by atoms with E-state index in [4.69, 9.17) is 13.9 Å². The van der Waals surface area contributed by atoms with E-state index in [0.29, 0.717) is 28.2 Å². The van der Waals surface area contributed by atoms with Crippen LogP contribution in [0.2, 0.25) is 0 Å². The number of carboxylic acid groups (broad SMARTS) is 1. The topological polar surface area (TPSA) is 81.3 Å². The van der Waals surface area contributed by atoms with Crippen LogP contribution in [0.5, 0.6) is 11.5 Å². The van der Waals surface area contributed by atoms with Gasteiger partial charge in [-0.15, -0.1) is 0 Å². The van der Waals surface area contributed by atoms with Crippen molar-refractivity contribution < 1.29 is 23.8 Å². The van der Waals surface area contributed by atoms with Gasteiger partial charge in [-0.25, -0.2) is 4.79 Å². The average molecular weight is 351 g/mol. The van der Waals surface area contributed by atoms with Crippen LogP contribution in [0, 0.1) is 6.92 Å². The van der Waals surface area contributed by atoms with Gasteiger partial charge in [0.1, 0.15) is 17.4 Å². The molecule has 0 aliphatic carbocycles. The lowest BCUT2D eigenvalue weighted by Gasteiger charge is -2.07. The normalized spacial score (nSPS) is 14.6. The van der Waals surface area contributed by atoms with E-state index >= 15 is 0 Å². The minimum Gasteiger partial charge on any atom is -0.480 e. The third kappa shape index (κ3) is 2.90. The predicted molar refractivity (Wildman–Crippen MR) is 95.2 cm³/mol. The summed E-state index contributed by atoms with van der Waals surface area (Å²) < 4.78 is 16.8. The number of nitrogens with zero attached hydrogens (tertiary/aromatic N) is 1. The molecule has 1 aromatic heterocycles. The van der Waals surface area contributed by atoms with Crippen LogP contribution in [-0.4, -0.2) is 23.9 Å². The second-order valence-electron chi connectivity index (χ2n) is 6.21. The molecule has 2 aromatic carbocycles. The molecular weight excluding hydrogens is 334 g/mol. The molecule has 1 N–H and O–H groups in total. The molecule has 132 valence electrons. The Hall–Kier alpha value is -3.28. The third-order valence-electron chi connectivity index (χ3n) is 4.25. The number of fused-ring (bicyclic) bond motifs is 2. The summed E-state index contributed by atoms with van der Waals surface area (Å²) in [6.45, 7) is 3.72. The molecule has 0 spiro atoms. The van der Waals surface area contributed by atoms with E-state index in [1.54, 1.807) is 13.0 Å². The highest BCUT2D eigenvalue weighted by molar-refractivity contribution is 5.80. The molecule has 6 nitrogen and oxygen atoms in total. The zero-order valence-corrected chi connectivity index (χ0v) is 14.4. The molecule has 0 radical (unpaired) electrons. The zero-order chi connectivity index (χ0) is 18.3. The number of ether oxygens (including phenoxy) is 2. The van der Waals surface area contributed by atoms with Crippen molar-refractivity contribution in [2.45, 2.75) is 19.9 Å². The summed E-state index contributed by atoms with van der Waals surface area (Å²) in [5.41, 5.74) is 2.49.